The first-order valence-electron chi connectivity index (χ1n) is 10.2. The minimum Gasteiger partial charge on any atom is -0.444 e. The fraction of sp³-hybridized carbons (Fsp3) is 0.273. The van der Waals surface area contributed by atoms with Gasteiger partial charge in [-0.25, -0.2) is 8.78 Å². The fourth-order valence-electron chi connectivity index (χ4n) is 4.14. The zero-order valence-corrected chi connectivity index (χ0v) is 18.0. The van der Waals surface area contributed by atoms with Crippen LogP contribution in [0.4, 0.5) is 14.5 Å². The van der Waals surface area contributed by atoms with E-state index in [1.165, 1.54) is 0 Å². The summed E-state index contributed by atoms with van der Waals surface area (Å²) < 4.78 is 47.2. The third kappa shape index (κ3) is 3.75. The molecule has 3 N–H and O–H groups in total. The summed E-state index contributed by atoms with van der Waals surface area (Å²) in [6.45, 7) is 1.65. The number of benzene rings is 2. The van der Waals surface area contributed by atoms with E-state index in [1.54, 1.807) is 30.2 Å². The largest absolute Gasteiger partial charge is 0.444 e. The zero-order chi connectivity index (χ0) is 22.5. The van der Waals surface area contributed by atoms with Crippen LogP contribution in [0.3, 0.4) is 0 Å². The van der Waals surface area contributed by atoms with Crippen molar-refractivity contribution in [1.82, 2.24) is 20.4 Å². The molecule has 5 rings (SSSR count). The van der Waals surface area contributed by atoms with Crippen LogP contribution in [0.1, 0.15) is 24.2 Å². The van der Waals surface area contributed by atoms with Gasteiger partial charge in [-0.05, 0) is 30.3 Å². The van der Waals surface area contributed by atoms with Crippen molar-refractivity contribution in [3.63, 3.8) is 0 Å². The molecule has 0 unspecified atom stereocenters. The number of halogens is 2. The smallest absolute Gasteiger partial charge is 0.266 e. The highest BCUT2D eigenvalue weighted by atomic mass is 32.2. The monoisotopic (exact) mass is 455 g/mol. The summed E-state index contributed by atoms with van der Waals surface area (Å²) >= 11 is 0. The number of nitrogens with one attached hydrogen (secondary N) is 3. The molecular weight excluding hydrogens is 434 g/mol. The van der Waals surface area contributed by atoms with Gasteiger partial charge in [0.25, 0.3) is 5.92 Å². The van der Waals surface area contributed by atoms with E-state index >= 15 is 0 Å². The average molecular weight is 456 g/mol. The summed E-state index contributed by atoms with van der Waals surface area (Å²) in [7, 11) is -1.79. The molecule has 1 saturated heterocycles. The van der Waals surface area contributed by atoms with Gasteiger partial charge in [-0.1, -0.05) is 29.9 Å². The number of hydrogen-bond acceptors (Lipinski definition) is 6. The summed E-state index contributed by atoms with van der Waals surface area (Å²) in [6.07, 6.45) is 1.46. The highest BCUT2D eigenvalue weighted by molar-refractivity contribution is 7.73. The Morgan fingerprint density at radius 3 is 2.75 bits per heavy atom. The molecule has 3 heterocycles. The SMILES string of the molecule is C[C@H](c1ccc(N2CCC(F)(F)C2)c(-c2cc3cc(-c4cn[nH]n4)ccc3[nH]2)c1)[S-](=N)=O. The van der Waals surface area contributed by atoms with E-state index in [4.69, 9.17) is 4.78 Å². The van der Waals surface area contributed by atoms with Crippen LogP contribution in [0, 0.1) is 4.78 Å². The maximum Gasteiger partial charge on any atom is 0.266 e. The molecule has 7 nitrogen and oxygen atoms in total. The summed E-state index contributed by atoms with van der Waals surface area (Å²) in [5.74, 6) is -2.72. The third-order valence-corrected chi connectivity index (χ3v) is 6.86. The number of fused-ring (bicyclic) bond motifs is 1. The van der Waals surface area contributed by atoms with Crippen LogP contribution in [-0.2, 0) is 14.8 Å². The number of hydrogen-bond donors (Lipinski definition) is 3. The van der Waals surface area contributed by atoms with Crippen molar-refractivity contribution in [2.24, 2.45) is 0 Å². The van der Waals surface area contributed by atoms with Crippen LogP contribution < -0.4 is 4.90 Å². The van der Waals surface area contributed by atoms with E-state index in [0.29, 0.717) is 5.69 Å². The molecule has 0 amide bonds. The Balaban J connectivity index is 1.62. The van der Waals surface area contributed by atoms with Crippen LogP contribution in [-0.4, -0.2) is 39.4 Å². The summed E-state index contributed by atoms with van der Waals surface area (Å²) in [4.78, 5) is 5.07. The fourth-order valence-corrected chi connectivity index (χ4v) is 4.53. The van der Waals surface area contributed by atoms with Crippen LogP contribution in [0.5, 0.6) is 0 Å². The Morgan fingerprint density at radius 2 is 2.06 bits per heavy atom. The molecule has 0 bridgehead atoms. The second-order valence-corrected chi connectivity index (χ2v) is 9.39. The van der Waals surface area contributed by atoms with Crippen molar-refractivity contribution in [2.45, 2.75) is 24.5 Å². The molecule has 4 aromatic rings. The first kappa shape index (κ1) is 20.6. The van der Waals surface area contributed by atoms with E-state index in [2.05, 4.69) is 20.4 Å². The molecule has 32 heavy (non-hydrogen) atoms. The van der Waals surface area contributed by atoms with Gasteiger partial charge in [0.2, 0.25) is 0 Å². The lowest BCUT2D eigenvalue weighted by Crippen LogP contribution is -2.25. The van der Waals surface area contributed by atoms with Crippen LogP contribution >= 0.6 is 0 Å². The Morgan fingerprint density at radius 1 is 1.22 bits per heavy atom. The van der Waals surface area contributed by atoms with Crippen molar-refractivity contribution < 1.29 is 13.0 Å². The summed E-state index contributed by atoms with van der Waals surface area (Å²) in [5, 5.41) is 11.0. The molecule has 1 atom stereocenters. The molecule has 2 aromatic carbocycles. The Kier molecular flexibility index (Phi) is 4.96. The minimum atomic E-state index is -2.72. The van der Waals surface area contributed by atoms with E-state index < -0.39 is 21.8 Å². The average Bonchev–Trinajstić information content (AvgIpc) is 3.51. The minimum absolute atomic E-state index is 0.185. The van der Waals surface area contributed by atoms with Gasteiger partial charge in [0.1, 0.15) is 5.69 Å². The third-order valence-electron chi connectivity index (χ3n) is 5.94. The topological polar surface area (TPSA) is 102 Å². The lowest BCUT2D eigenvalue weighted by molar-refractivity contribution is 0.0257. The second kappa shape index (κ2) is 7.70. The maximum absolute atomic E-state index is 13.9. The Labute approximate surface area is 184 Å². The van der Waals surface area contributed by atoms with Gasteiger partial charge in [-0.15, -0.1) is 0 Å². The van der Waals surface area contributed by atoms with E-state index in [-0.39, 0.29) is 19.5 Å². The van der Waals surface area contributed by atoms with Gasteiger partial charge in [0.05, 0.1) is 12.7 Å². The number of rotatable bonds is 5. The Bertz CT molecular complexity index is 1350. The van der Waals surface area contributed by atoms with Crippen LogP contribution in [0.25, 0.3) is 33.4 Å². The molecule has 0 aliphatic carbocycles. The van der Waals surface area contributed by atoms with E-state index in [0.717, 1.165) is 39.0 Å². The van der Waals surface area contributed by atoms with Gasteiger partial charge in [0, 0.05) is 46.4 Å². The van der Waals surface area contributed by atoms with Crippen molar-refractivity contribution in [3.05, 3.63) is 54.2 Å². The van der Waals surface area contributed by atoms with Crippen molar-refractivity contribution >= 4 is 27.2 Å². The number of alkyl halides is 2. The zero-order valence-electron chi connectivity index (χ0n) is 17.2. The first-order chi connectivity index (χ1) is 15.3. The van der Waals surface area contributed by atoms with Crippen LogP contribution in [0.15, 0.2) is 48.7 Å². The highest BCUT2D eigenvalue weighted by Crippen LogP contribution is 2.39. The van der Waals surface area contributed by atoms with E-state index in [9.17, 15) is 13.0 Å². The standard InChI is InChI=1S/C22H21F2N6OS/c1-13(32(25)31)14-3-5-21(30-7-6-22(23,24)12-30)17(9-14)19-10-16-8-15(2-4-18(16)27-19)20-11-26-29-28-20/h2-5,8-11,13,25,27H,6-7,12H2,1H3,(H,26,28,29)/q-1/t13-/m1/s1. The quantitative estimate of drug-likeness (QED) is 0.358. The van der Waals surface area contributed by atoms with Crippen molar-refractivity contribution in [1.29, 1.82) is 4.78 Å². The Hall–Kier alpha value is -3.27. The molecule has 0 saturated carbocycles. The van der Waals surface area contributed by atoms with Gasteiger partial charge in [-0.2, -0.15) is 26.0 Å². The molecule has 1 aliphatic rings. The lowest BCUT2D eigenvalue weighted by Gasteiger charge is -2.24. The number of nitrogens with zero attached hydrogens (tertiary/aromatic N) is 3. The summed E-state index contributed by atoms with van der Waals surface area (Å²) in [5.41, 5.74) is 5.46. The molecule has 0 spiro atoms. The number of H-pyrrole nitrogens is 2. The molecule has 1 fully saturated rings. The van der Waals surface area contributed by atoms with Gasteiger partial charge < -0.3 is 18.9 Å². The first-order valence-corrected chi connectivity index (χ1v) is 11.4. The van der Waals surface area contributed by atoms with Crippen LogP contribution in [0.2, 0.25) is 0 Å². The van der Waals surface area contributed by atoms with Crippen molar-refractivity contribution in [3.8, 4) is 22.5 Å². The number of aromatic nitrogens is 4. The maximum atomic E-state index is 13.9. The normalized spacial score (nSPS) is 16.8. The predicted molar refractivity (Wildman–Crippen MR) is 120 cm³/mol. The molecule has 0 radical (unpaired) electrons. The number of aromatic amines is 2. The molecule has 1 aliphatic heterocycles. The lowest BCUT2D eigenvalue weighted by atomic mass is 10.0. The van der Waals surface area contributed by atoms with Gasteiger partial charge >= 0.3 is 0 Å². The molecular formula is C22H21F2N6OS-. The van der Waals surface area contributed by atoms with Crippen molar-refractivity contribution in [2.75, 3.05) is 18.0 Å². The van der Waals surface area contributed by atoms with E-state index in [1.807, 2.05) is 30.3 Å². The van der Waals surface area contributed by atoms with Gasteiger partial charge in [0.15, 0.2) is 0 Å². The molecule has 10 heteroatoms. The predicted octanol–water partition coefficient (Wildman–Crippen LogP) is 5.25. The van der Waals surface area contributed by atoms with Gasteiger partial charge in [-0.3, -0.25) is 0 Å². The molecule has 2 aromatic heterocycles. The molecule has 166 valence electrons. The summed E-state index contributed by atoms with van der Waals surface area (Å²) in [6, 6.07) is 13.3. The second-order valence-electron chi connectivity index (χ2n) is 8.08. The highest BCUT2D eigenvalue weighted by Gasteiger charge is 2.39. The number of anilines is 1.